The van der Waals surface area contributed by atoms with E-state index in [2.05, 4.69) is 60.3 Å². The zero-order valence-electron chi connectivity index (χ0n) is 19.1. The Morgan fingerprint density at radius 2 is 1.67 bits per heavy atom. The van der Waals surface area contributed by atoms with Crippen molar-refractivity contribution in [1.29, 1.82) is 0 Å². The smallest absolute Gasteiger partial charge is 0.211 e. The van der Waals surface area contributed by atoms with Gasteiger partial charge >= 0.3 is 0 Å². The van der Waals surface area contributed by atoms with Gasteiger partial charge in [0.1, 0.15) is 0 Å². The molecule has 4 aromatic rings. The third kappa shape index (κ3) is 5.20. The van der Waals surface area contributed by atoms with Crippen molar-refractivity contribution in [2.24, 2.45) is 0 Å². The zero-order valence-corrected chi connectivity index (χ0v) is 20.7. The standard InChI is InChI=1S/C25H26ClN5OS/c1-5-30-23(22-21(32)14-15-31(29-22)20-12-10-19(26)11-13-20)27-28-24(30)33-16-17-6-8-18(9-7-17)25(2,3)4/h6-15H,5,16H2,1-4H3. The minimum atomic E-state index is -0.198. The summed E-state index contributed by atoms with van der Waals surface area (Å²) in [5, 5.41) is 14.6. The summed E-state index contributed by atoms with van der Waals surface area (Å²) in [5.41, 5.74) is 3.52. The molecule has 2 aromatic heterocycles. The molecule has 0 radical (unpaired) electrons. The van der Waals surface area contributed by atoms with E-state index in [0.717, 1.165) is 16.6 Å². The number of rotatable bonds is 6. The SMILES string of the molecule is CCn1c(SCc2ccc(C(C)(C)C)cc2)nnc1-c1nn(-c2ccc(Cl)cc2)ccc1=O. The normalized spacial score (nSPS) is 11.7. The lowest BCUT2D eigenvalue weighted by molar-refractivity contribution is 0.590. The molecule has 6 nitrogen and oxygen atoms in total. The molecule has 170 valence electrons. The molecule has 0 atom stereocenters. The highest BCUT2D eigenvalue weighted by molar-refractivity contribution is 7.98. The molecule has 0 aliphatic heterocycles. The Labute approximate surface area is 202 Å². The highest BCUT2D eigenvalue weighted by Crippen LogP contribution is 2.27. The second-order valence-electron chi connectivity index (χ2n) is 8.74. The summed E-state index contributed by atoms with van der Waals surface area (Å²) in [7, 11) is 0. The number of aromatic nitrogens is 5. The lowest BCUT2D eigenvalue weighted by atomic mass is 9.87. The maximum atomic E-state index is 12.6. The van der Waals surface area contributed by atoms with Gasteiger partial charge in [-0.15, -0.1) is 10.2 Å². The number of thioether (sulfide) groups is 1. The number of hydrogen-bond acceptors (Lipinski definition) is 5. The van der Waals surface area contributed by atoms with Crippen molar-refractivity contribution in [2.45, 2.75) is 50.6 Å². The number of nitrogens with zero attached hydrogens (tertiary/aromatic N) is 5. The summed E-state index contributed by atoms with van der Waals surface area (Å²) in [5.74, 6) is 1.23. The summed E-state index contributed by atoms with van der Waals surface area (Å²) >= 11 is 7.59. The molecule has 0 spiro atoms. The molecular weight excluding hydrogens is 454 g/mol. The van der Waals surface area contributed by atoms with Gasteiger partial charge in [0.05, 0.1) is 5.69 Å². The van der Waals surface area contributed by atoms with Gasteiger partial charge in [-0.05, 0) is 47.7 Å². The molecule has 8 heteroatoms. The summed E-state index contributed by atoms with van der Waals surface area (Å²) in [6.07, 6.45) is 1.64. The first-order valence-electron chi connectivity index (χ1n) is 10.8. The number of hydrogen-bond donors (Lipinski definition) is 0. The molecule has 0 aliphatic rings. The van der Waals surface area contributed by atoms with Crippen molar-refractivity contribution in [2.75, 3.05) is 0 Å². The Balaban J connectivity index is 1.59. The highest BCUT2D eigenvalue weighted by atomic mass is 35.5. The third-order valence-electron chi connectivity index (χ3n) is 5.33. The molecule has 33 heavy (non-hydrogen) atoms. The average molecular weight is 480 g/mol. The number of halogens is 1. The van der Waals surface area contributed by atoms with E-state index in [1.165, 1.54) is 17.2 Å². The van der Waals surface area contributed by atoms with Crippen LogP contribution in [0.3, 0.4) is 0 Å². The van der Waals surface area contributed by atoms with Gasteiger partial charge in [-0.1, -0.05) is 68.4 Å². The predicted molar refractivity (Wildman–Crippen MR) is 134 cm³/mol. The molecule has 2 aromatic carbocycles. The lowest BCUT2D eigenvalue weighted by Gasteiger charge is -2.19. The van der Waals surface area contributed by atoms with Crippen molar-refractivity contribution in [3.63, 3.8) is 0 Å². The molecule has 0 saturated carbocycles. The first-order chi connectivity index (χ1) is 15.8. The highest BCUT2D eigenvalue weighted by Gasteiger charge is 2.18. The van der Waals surface area contributed by atoms with Crippen LogP contribution in [0, 0.1) is 0 Å². The van der Waals surface area contributed by atoms with Gasteiger partial charge in [-0.2, -0.15) is 5.10 Å². The Morgan fingerprint density at radius 3 is 2.30 bits per heavy atom. The fourth-order valence-electron chi connectivity index (χ4n) is 3.40. The summed E-state index contributed by atoms with van der Waals surface area (Å²) in [6, 6.07) is 17.4. The largest absolute Gasteiger partial charge is 0.301 e. The van der Waals surface area contributed by atoms with Crippen LogP contribution >= 0.6 is 23.4 Å². The summed E-state index contributed by atoms with van der Waals surface area (Å²) in [6.45, 7) is 9.27. The second kappa shape index (κ2) is 9.53. The van der Waals surface area contributed by atoms with E-state index < -0.39 is 0 Å². The fourth-order valence-corrected chi connectivity index (χ4v) is 4.49. The average Bonchev–Trinajstić information content (AvgIpc) is 3.21. The molecule has 0 fully saturated rings. The molecular formula is C25H26ClN5OS. The summed E-state index contributed by atoms with van der Waals surface area (Å²) in [4.78, 5) is 12.6. The van der Waals surface area contributed by atoms with Gasteiger partial charge in [0.25, 0.3) is 0 Å². The minimum absolute atomic E-state index is 0.130. The van der Waals surface area contributed by atoms with E-state index in [0.29, 0.717) is 17.4 Å². The van der Waals surface area contributed by atoms with Gasteiger partial charge in [0.15, 0.2) is 16.7 Å². The Hall–Kier alpha value is -2.90. The Kier molecular flexibility index (Phi) is 6.72. The molecule has 0 bridgehead atoms. The van der Waals surface area contributed by atoms with Gasteiger partial charge in [-0.25, -0.2) is 4.68 Å². The predicted octanol–water partition coefficient (Wildman–Crippen LogP) is 5.75. The molecule has 0 N–H and O–H groups in total. The maximum absolute atomic E-state index is 12.6. The van der Waals surface area contributed by atoms with E-state index in [9.17, 15) is 4.79 Å². The van der Waals surface area contributed by atoms with Crippen LogP contribution < -0.4 is 5.43 Å². The third-order valence-corrected chi connectivity index (χ3v) is 6.62. The van der Waals surface area contributed by atoms with E-state index in [1.54, 1.807) is 34.8 Å². The van der Waals surface area contributed by atoms with Crippen LogP contribution in [0.4, 0.5) is 0 Å². The van der Waals surface area contributed by atoms with Crippen LogP contribution in [-0.4, -0.2) is 24.5 Å². The van der Waals surface area contributed by atoms with Crippen LogP contribution in [0.5, 0.6) is 0 Å². The number of benzene rings is 2. The van der Waals surface area contributed by atoms with Crippen molar-refractivity contribution in [3.05, 3.63) is 87.2 Å². The maximum Gasteiger partial charge on any atom is 0.211 e. The van der Waals surface area contributed by atoms with E-state index in [1.807, 2.05) is 23.6 Å². The Morgan fingerprint density at radius 1 is 0.970 bits per heavy atom. The summed E-state index contributed by atoms with van der Waals surface area (Å²) < 4.78 is 3.58. The molecule has 0 saturated heterocycles. The topological polar surface area (TPSA) is 65.6 Å². The van der Waals surface area contributed by atoms with Gasteiger partial charge in [0.2, 0.25) is 5.43 Å². The lowest BCUT2D eigenvalue weighted by Crippen LogP contribution is -2.15. The van der Waals surface area contributed by atoms with Crippen LogP contribution in [0.15, 0.2) is 70.7 Å². The van der Waals surface area contributed by atoms with Crippen molar-refractivity contribution < 1.29 is 0 Å². The quantitative estimate of drug-likeness (QED) is 0.329. The van der Waals surface area contributed by atoms with E-state index >= 15 is 0 Å². The van der Waals surface area contributed by atoms with Crippen LogP contribution in [0.25, 0.3) is 17.2 Å². The van der Waals surface area contributed by atoms with Gasteiger partial charge in [-0.3, -0.25) is 4.79 Å². The fraction of sp³-hybridized carbons (Fsp3) is 0.280. The van der Waals surface area contributed by atoms with Crippen LogP contribution in [0.2, 0.25) is 5.02 Å². The van der Waals surface area contributed by atoms with E-state index in [-0.39, 0.29) is 16.5 Å². The molecule has 2 heterocycles. The molecule has 4 rings (SSSR count). The Bertz CT molecular complexity index is 1300. The van der Waals surface area contributed by atoms with Gasteiger partial charge < -0.3 is 4.57 Å². The minimum Gasteiger partial charge on any atom is -0.301 e. The van der Waals surface area contributed by atoms with Gasteiger partial charge in [0, 0.05) is 29.6 Å². The zero-order chi connectivity index (χ0) is 23.6. The second-order valence-corrected chi connectivity index (χ2v) is 10.1. The first-order valence-corrected chi connectivity index (χ1v) is 12.1. The van der Waals surface area contributed by atoms with E-state index in [4.69, 9.17) is 11.6 Å². The van der Waals surface area contributed by atoms with Crippen LogP contribution in [-0.2, 0) is 17.7 Å². The van der Waals surface area contributed by atoms with Crippen molar-refractivity contribution in [1.82, 2.24) is 24.5 Å². The van der Waals surface area contributed by atoms with Crippen LogP contribution in [0.1, 0.15) is 38.8 Å². The molecule has 0 amide bonds. The van der Waals surface area contributed by atoms with Crippen molar-refractivity contribution in [3.8, 4) is 17.2 Å². The van der Waals surface area contributed by atoms with Crippen molar-refractivity contribution >= 4 is 23.4 Å². The molecule has 0 unspecified atom stereocenters. The first kappa shape index (κ1) is 23.3. The molecule has 0 aliphatic carbocycles. The monoisotopic (exact) mass is 479 g/mol.